The smallest absolute Gasteiger partial charge is 0.250 e. The molecular weight excluding hydrogens is 354 g/mol. The fraction of sp³-hybridized carbons (Fsp3) is 0.364. The quantitative estimate of drug-likeness (QED) is 0.763. The molecule has 2 aromatic rings. The normalized spacial score (nSPS) is 25.6. The summed E-state index contributed by atoms with van der Waals surface area (Å²) in [6, 6.07) is 14.9. The van der Waals surface area contributed by atoms with Crippen molar-refractivity contribution in [3.63, 3.8) is 0 Å². The van der Waals surface area contributed by atoms with Gasteiger partial charge in [-0.05, 0) is 42.7 Å². The number of amides is 2. The number of carbonyl (C=O) groups excluding carboxylic acids is 2. The van der Waals surface area contributed by atoms with Crippen LogP contribution < -0.4 is 20.7 Å². The molecule has 2 aromatic carbocycles. The Morgan fingerprint density at radius 1 is 1.18 bits per heavy atom. The van der Waals surface area contributed by atoms with E-state index in [1.54, 1.807) is 31.4 Å². The Bertz CT molecular complexity index is 909. The summed E-state index contributed by atoms with van der Waals surface area (Å²) in [5.41, 5.74) is 1.26. The highest BCUT2D eigenvalue weighted by atomic mass is 16.5. The molecule has 1 fully saturated rings. The lowest BCUT2D eigenvalue weighted by Gasteiger charge is -2.29. The molecule has 0 unspecified atom stereocenters. The lowest BCUT2D eigenvalue weighted by Crippen LogP contribution is -2.52. The first kappa shape index (κ1) is 18.5. The van der Waals surface area contributed by atoms with Crippen LogP contribution in [0.5, 0.6) is 5.75 Å². The maximum atomic E-state index is 13.3. The van der Waals surface area contributed by atoms with Crippen molar-refractivity contribution in [3.8, 4) is 5.75 Å². The predicted octanol–water partition coefficient (Wildman–Crippen LogP) is 3.12. The van der Waals surface area contributed by atoms with Crippen molar-refractivity contribution in [1.82, 2.24) is 5.32 Å². The Labute approximate surface area is 164 Å². The first-order chi connectivity index (χ1) is 13.5. The van der Waals surface area contributed by atoms with Crippen molar-refractivity contribution in [2.75, 3.05) is 17.7 Å². The number of fused-ring (bicyclic) bond motifs is 2. The number of benzene rings is 2. The second kappa shape index (κ2) is 6.95. The molecule has 6 heteroatoms. The van der Waals surface area contributed by atoms with Crippen LogP contribution in [0.2, 0.25) is 0 Å². The molecule has 1 spiro atoms. The van der Waals surface area contributed by atoms with Gasteiger partial charge in [-0.15, -0.1) is 0 Å². The molecule has 4 rings (SSSR count). The summed E-state index contributed by atoms with van der Waals surface area (Å²) in [4.78, 5) is 26.4. The van der Waals surface area contributed by atoms with Gasteiger partial charge in [-0.2, -0.15) is 0 Å². The molecule has 1 saturated heterocycles. The summed E-state index contributed by atoms with van der Waals surface area (Å²) in [6.07, 6.45) is 0.599. The van der Waals surface area contributed by atoms with Crippen LogP contribution in [0, 0.1) is 11.8 Å². The van der Waals surface area contributed by atoms with Crippen molar-refractivity contribution in [1.29, 1.82) is 0 Å². The Hall–Kier alpha value is -2.86. The van der Waals surface area contributed by atoms with E-state index < -0.39 is 11.5 Å². The number of hydrogen-bond acceptors (Lipinski definition) is 4. The highest BCUT2D eigenvalue weighted by Crippen LogP contribution is 2.48. The van der Waals surface area contributed by atoms with E-state index in [1.165, 1.54) is 0 Å². The van der Waals surface area contributed by atoms with Gasteiger partial charge in [0, 0.05) is 23.0 Å². The number of rotatable bonds is 4. The summed E-state index contributed by atoms with van der Waals surface area (Å²) >= 11 is 0. The van der Waals surface area contributed by atoms with Crippen LogP contribution in [0.1, 0.15) is 25.8 Å². The minimum atomic E-state index is -1.04. The molecule has 146 valence electrons. The van der Waals surface area contributed by atoms with E-state index in [2.05, 4.69) is 29.8 Å². The zero-order valence-corrected chi connectivity index (χ0v) is 16.3. The maximum Gasteiger partial charge on any atom is 0.250 e. The third-order valence-corrected chi connectivity index (χ3v) is 5.86. The Balaban J connectivity index is 1.69. The van der Waals surface area contributed by atoms with Gasteiger partial charge in [0.25, 0.3) is 0 Å². The van der Waals surface area contributed by atoms with Gasteiger partial charge in [0.15, 0.2) is 0 Å². The highest BCUT2D eigenvalue weighted by Gasteiger charge is 2.60. The Morgan fingerprint density at radius 3 is 2.57 bits per heavy atom. The van der Waals surface area contributed by atoms with Gasteiger partial charge >= 0.3 is 0 Å². The second-order valence-corrected chi connectivity index (χ2v) is 7.81. The standard InChI is InChI=1S/C22H25N3O3/c1-13(2)19-12-17(20(26)23-14-8-10-15(28-3)11-9-14)22(25-19)16-6-4-5-7-18(16)24-21(22)27/h4-11,13,17,19,25H,12H2,1-3H3,(H,23,26)(H,24,27)/t17-,19-,22+/m1/s1. The Kier molecular flexibility index (Phi) is 4.59. The molecule has 2 amide bonds. The number of hydrogen-bond donors (Lipinski definition) is 3. The molecule has 6 nitrogen and oxygen atoms in total. The third kappa shape index (κ3) is 2.85. The van der Waals surface area contributed by atoms with Gasteiger partial charge in [0.1, 0.15) is 11.3 Å². The summed E-state index contributed by atoms with van der Waals surface area (Å²) in [7, 11) is 1.60. The van der Waals surface area contributed by atoms with Gasteiger partial charge in [0.2, 0.25) is 11.8 Å². The lowest BCUT2D eigenvalue weighted by molar-refractivity contribution is -0.130. The van der Waals surface area contributed by atoms with Crippen molar-refractivity contribution in [2.45, 2.75) is 31.8 Å². The van der Waals surface area contributed by atoms with Crippen LogP contribution in [0.3, 0.4) is 0 Å². The van der Waals surface area contributed by atoms with Crippen molar-refractivity contribution >= 4 is 23.2 Å². The van der Waals surface area contributed by atoms with Crippen LogP contribution >= 0.6 is 0 Å². The van der Waals surface area contributed by atoms with Crippen LogP contribution in [0.25, 0.3) is 0 Å². The number of carbonyl (C=O) groups is 2. The summed E-state index contributed by atoms with van der Waals surface area (Å²) in [6.45, 7) is 4.21. The zero-order valence-electron chi connectivity index (χ0n) is 16.3. The minimum Gasteiger partial charge on any atom is -0.497 e. The van der Waals surface area contributed by atoms with Crippen LogP contribution in [0.15, 0.2) is 48.5 Å². The molecule has 0 aromatic heterocycles. The molecule has 0 saturated carbocycles. The molecule has 0 radical (unpaired) electrons. The molecule has 0 aliphatic carbocycles. The topological polar surface area (TPSA) is 79.5 Å². The molecule has 2 aliphatic rings. The second-order valence-electron chi connectivity index (χ2n) is 7.81. The van der Waals surface area contributed by atoms with Crippen molar-refractivity contribution < 1.29 is 14.3 Å². The lowest BCUT2D eigenvalue weighted by atomic mass is 9.79. The van der Waals surface area contributed by atoms with Gasteiger partial charge in [-0.25, -0.2) is 0 Å². The van der Waals surface area contributed by atoms with E-state index in [4.69, 9.17) is 4.74 Å². The van der Waals surface area contributed by atoms with Gasteiger partial charge < -0.3 is 15.4 Å². The molecule has 3 N–H and O–H groups in total. The molecule has 2 aliphatic heterocycles. The fourth-order valence-corrected chi connectivity index (χ4v) is 4.30. The fourth-order valence-electron chi connectivity index (χ4n) is 4.30. The van der Waals surface area contributed by atoms with E-state index in [0.717, 1.165) is 17.0 Å². The summed E-state index contributed by atoms with van der Waals surface area (Å²) < 4.78 is 5.17. The Morgan fingerprint density at radius 2 is 1.89 bits per heavy atom. The summed E-state index contributed by atoms with van der Waals surface area (Å²) in [5.74, 6) is 0.197. The molecule has 3 atom stereocenters. The van der Waals surface area contributed by atoms with Gasteiger partial charge in [-0.1, -0.05) is 32.0 Å². The van der Waals surface area contributed by atoms with Crippen LogP contribution in [-0.4, -0.2) is 25.0 Å². The number of nitrogens with one attached hydrogen (secondary N) is 3. The largest absolute Gasteiger partial charge is 0.497 e. The first-order valence-electron chi connectivity index (χ1n) is 9.59. The third-order valence-electron chi connectivity index (χ3n) is 5.86. The van der Waals surface area contributed by atoms with Crippen molar-refractivity contribution in [2.24, 2.45) is 11.8 Å². The van der Waals surface area contributed by atoms with E-state index in [0.29, 0.717) is 18.0 Å². The van der Waals surface area contributed by atoms with E-state index in [9.17, 15) is 9.59 Å². The SMILES string of the molecule is COc1ccc(NC(=O)[C@H]2C[C@H](C(C)C)N[C@]23C(=O)Nc2ccccc23)cc1. The molecule has 2 heterocycles. The highest BCUT2D eigenvalue weighted by molar-refractivity contribution is 6.10. The first-order valence-corrected chi connectivity index (χ1v) is 9.59. The van der Waals surface area contributed by atoms with Crippen molar-refractivity contribution in [3.05, 3.63) is 54.1 Å². The average molecular weight is 379 g/mol. The van der Waals surface area contributed by atoms with E-state index in [1.807, 2.05) is 24.3 Å². The predicted molar refractivity (Wildman–Crippen MR) is 108 cm³/mol. The number of ether oxygens (including phenoxy) is 1. The molecular formula is C22H25N3O3. The van der Waals surface area contributed by atoms with Gasteiger partial charge in [-0.3, -0.25) is 14.9 Å². The zero-order chi connectivity index (χ0) is 19.9. The van der Waals surface area contributed by atoms with Crippen LogP contribution in [0.4, 0.5) is 11.4 Å². The minimum absolute atomic E-state index is 0.0727. The van der Waals surface area contributed by atoms with Crippen LogP contribution in [-0.2, 0) is 15.1 Å². The van der Waals surface area contributed by atoms with E-state index >= 15 is 0 Å². The number of methoxy groups -OCH3 is 1. The van der Waals surface area contributed by atoms with Gasteiger partial charge in [0.05, 0.1) is 13.0 Å². The molecule has 28 heavy (non-hydrogen) atoms. The summed E-state index contributed by atoms with van der Waals surface area (Å²) in [5, 5.41) is 9.45. The van der Waals surface area contributed by atoms with E-state index in [-0.39, 0.29) is 17.9 Å². The number of anilines is 2. The molecule has 0 bridgehead atoms. The maximum absolute atomic E-state index is 13.3. The monoisotopic (exact) mass is 379 g/mol. The average Bonchev–Trinajstić information content (AvgIpc) is 3.23. The number of para-hydroxylation sites is 1.